The lowest BCUT2D eigenvalue weighted by Crippen LogP contribution is -2.63. The van der Waals surface area contributed by atoms with Crippen LogP contribution in [0.5, 0.6) is 0 Å². The summed E-state index contributed by atoms with van der Waals surface area (Å²) in [5.74, 6) is 1.02. The Labute approximate surface area is 105 Å². The van der Waals surface area contributed by atoms with Crippen LogP contribution in [0.3, 0.4) is 0 Å². The van der Waals surface area contributed by atoms with Crippen molar-refractivity contribution in [2.24, 2.45) is 5.92 Å². The van der Waals surface area contributed by atoms with Crippen LogP contribution in [0.1, 0.15) is 57.8 Å². The molecule has 2 saturated carbocycles. The Balaban J connectivity index is 1.60. The van der Waals surface area contributed by atoms with Crippen molar-refractivity contribution >= 4 is 0 Å². The van der Waals surface area contributed by atoms with Crippen LogP contribution in [0.4, 0.5) is 0 Å². The van der Waals surface area contributed by atoms with Gasteiger partial charge in [0.15, 0.2) is 0 Å². The molecule has 2 aliphatic carbocycles. The Hall–Kier alpha value is -0.0800. The average molecular weight is 233 g/mol. The van der Waals surface area contributed by atoms with Gasteiger partial charge in [-0.3, -0.25) is 4.90 Å². The number of nitrogens with zero attached hydrogens (tertiary/aromatic N) is 2. The summed E-state index contributed by atoms with van der Waals surface area (Å²) in [7, 11) is 0. The highest BCUT2D eigenvalue weighted by molar-refractivity contribution is 5.05. The fourth-order valence-corrected chi connectivity index (χ4v) is 5.04. The van der Waals surface area contributed by atoms with Crippen LogP contribution in [0, 0.1) is 5.92 Å². The maximum Gasteiger partial charge on any atom is 0.0354 e. The second-order valence-electron chi connectivity index (χ2n) is 6.98. The van der Waals surface area contributed by atoms with Gasteiger partial charge in [-0.15, -0.1) is 0 Å². The second-order valence-corrected chi connectivity index (χ2v) is 6.98. The zero-order valence-electron chi connectivity index (χ0n) is 10.9. The third-order valence-electron chi connectivity index (χ3n) is 6.09. The minimum atomic E-state index is 0.511. The van der Waals surface area contributed by atoms with E-state index in [1.165, 1.54) is 70.9 Å². The minimum absolute atomic E-state index is 0.511. The van der Waals surface area contributed by atoms with Crippen LogP contribution in [-0.2, 0) is 0 Å². The van der Waals surface area contributed by atoms with Gasteiger partial charge >= 0.3 is 0 Å². The van der Waals surface area contributed by atoms with Crippen LogP contribution in [0.15, 0.2) is 0 Å². The molecule has 2 unspecified atom stereocenters. The Morgan fingerprint density at radius 1 is 0.941 bits per heavy atom. The molecule has 95 valence electrons. The van der Waals surface area contributed by atoms with Crippen molar-refractivity contribution in [2.75, 3.05) is 13.1 Å². The summed E-state index contributed by atoms with van der Waals surface area (Å²) >= 11 is 0. The quantitative estimate of drug-likeness (QED) is 0.680. The maximum atomic E-state index is 4.98. The molecule has 4 bridgehead atoms. The molecule has 6 fully saturated rings. The number of rotatable bonds is 1. The van der Waals surface area contributed by atoms with Crippen molar-refractivity contribution in [1.29, 1.82) is 0 Å². The third-order valence-corrected chi connectivity index (χ3v) is 6.09. The van der Waals surface area contributed by atoms with Crippen molar-refractivity contribution in [1.82, 2.24) is 10.2 Å². The van der Waals surface area contributed by atoms with Crippen LogP contribution in [0.25, 0.3) is 0 Å². The highest BCUT2D eigenvalue weighted by Gasteiger charge is 2.48. The average Bonchev–Trinajstić information content (AvgIpc) is 2.74. The van der Waals surface area contributed by atoms with Gasteiger partial charge in [0.1, 0.15) is 0 Å². The van der Waals surface area contributed by atoms with E-state index in [0.29, 0.717) is 5.54 Å². The van der Waals surface area contributed by atoms with Crippen molar-refractivity contribution < 1.29 is 0 Å². The predicted octanol–water partition coefficient (Wildman–Crippen LogP) is 2.55. The molecule has 2 nitrogen and oxygen atoms in total. The first-order chi connectivity index (χ1) is 8.36. The Kier molecular flexibility index (Phi) is 2.52. The van der Waals surface area contributed by atoms with E-state index >= 15 is 0 Å². The molecule has 2 heteroatoms. The van der Waals surface area contributed by atoms with E-state index in [9.17, 15) is 0 Å². The van der Waals surface area contributed by atoms with E-state index in [0.717, 1.165) is 18.0 Å². The molecule has 0 aromatic carbocycles. The molecule has 6 rings (SSSR count). The Morgan fingerprint density at radius 3 is 2.47 bits per heavy atom. The van der Waals surface area contributed by atoms with Gasteiger partial charge in [0, 0.05) is 30.7 Å². The monoisotopic (exact) mass is 233 g/mol. The van der Waals surface area contributed by atoms with Crippen LogP contribution in [-0.4, -0.2) is 35.6 Å². The summed E-state index contributed by atoms with van der Waals surface area (Å²) in [6.07, 6.45) is 13.1. The molecule has 0 spiro atoms. The standard InChI is InChI=1S/C15H25N2/c1-2-13-7-9-15(8-1,11-16-13)17-10-12-3-5-14(17)6-4-12/h12-14H,1-11H2. The van der Waals surface area contributed by atoms with Crippen LogP contribution in [0.2, 0.25) is 0 Å². The van der Waals surface area contributed by atoms with Gasteiger partial charge in [0.2, 0.25) is 0 Å². The molecular formula is C15H25N2. The lowest BCUT2D eigenvalue weighted by molar-refractivity contribution is -0.0537. The number of piperidine rings is 3. The summed E-state index contributed by atoms with van der Waals surface area (Å²) in [5.41, 5.74) is 0.511. The van der Waals surface area contributed by atoms with Gasteiger partial charge in [-0.2, -0.15) is 0 Å². The summed E-state index contributed by atoms with van der Waals surface area (Å²) < 4.78 is 0. The highest BCUT2D eigenvalue weighted by Crippen LogP contribution is 2.45. The summed E-state index contributed by atoms with van der Waals surface area (Å²) in [4.78, 5) is 2.94. The van der Waals surface area contributed by atoms with Gasteiger partial charge in [-0.1, -0.05) is 0 Å². The second kappa shape index (κ2) is 3.96. The number of fused-ring (bicyclic) bond motifs is 7. The zero-order valence-corrected chi connectivity index (χ0v) is 10.9. The smallest absolute Gasteiger partial charge is 0.0354 e. The first-order valence-corrected chi connectivity index (χ1v) is 7.79. The summed E-state index contributed by atoms with van der Waals surface area (Å²) in [6, 6.07) is 1.65. The molecule has 0 amide bonds. The highest BCUT2D eigenvalue weighted by atomic mass is 15.3. The normalized spacial score (nSPS) is 50.5. The van der Waals surface area contributed by atoms with Crippen LogP contribution < -0.4 is 5.32 Å². The lowest BCUT2D eigenvalue weighted by atomic mass is 9.74. The van der Waals surface area contributed by atoms with Crippen molar-refractivity contribution in [3.8, 4) is 0 Å². The topological polar surface area (TPSA) is 17.3 Å². The zero-order chi connectivity index (χ0) is 11.3. The Bertz CT molecular complexity index is 280. The molecule has 6 aliphatic rings. The molecule has 0 aromatic heterocycles. The fraction of sp³-hybridized carbons (Fsp3) is 1.00. The molecule has 2 atom stereocenters. The number of hydrogen-bond acceptors (Lipinski definition) is 1. The van der Waals surface area contributed by atoms with E-state index in [1.54, 1.807) is 0 Å². The van der Waals surface area contributed by atoms with Gasteiger partial charge < -0.3 is 0 Å². The van der Waals surface area contributed by atoms with E-state index in [4.69, 9.17) is 5.32 Å². The molecule has 0 N–H and O–H groups in total. The molecule has 17 heavy (non-hydrogen) atoms. The molecule has 1 radical (unpaired) electrons. The van der Waals surface area contributed by atoms with E-state index in [-0.39, 0.29) is 0 Å². The summed E-state index contributed by atoms with van der Waals surface area (Å²) in [5, 5.41) is 4.98. The lowest BCUT2D eigenvalue weighted by Gasteiger charge is -2.56. The molecule has 4 saturated heterocycles. The van der Waals surface area contributed by atoms with Crippen molar-refractivity contribution in [3.63, 3.8) is 0 Å². The third kappa shape index (κ3) is 1.67. The number of hydrogen-bond donors (Lipinski definition) is 0. The van der Waals surface area contributed by atoms with E-state index in [2.05, 4.69) is 4.90 Å². The van der Waals surface area contributed by atoms with Gasteiger partial charge in [0.25, 0.3) is 0 Å². The molecule has 0 aromatic rings. The van der Waals surface area contributed by atoms with Crippen LogP contribution >= 0.6 is 0 Å². The molecule has 4 aliphatic heterocycles. The van der Waals surface area contributed by atoms with E-state index < -0.39 is 0 Å². The largest absolute Gasteiger partial charge is 0.293 e. The summed E-state index contributed by atoms with van der Waals surface area (Å²) in [6.45, 7) is 2.58. The van der Waals surface area contributed by atoms with Crippen molar-refractivity contribution in [2.45, 2.75) is 75.4 Å². The SMILES string of the molecule is C1CC2CCC(N3CC4CCC3CC4)(C1)C[N]2. The first-order valence-electron chi connectivity index (χ1n) is 7.79. The Morgan fingerprint density at radius 2 is 1.82 bits per heavy atom. The van der Waals surface area contributed by atoms with Gasteiger partial charge in [-0.05, 0) is 63.7 Å². The first kappa shape index (κ1) is 10.8. The minimum Gasteiger partial charge on any atom is -0.293 e. The van der Waals surface area contributed by atoms with Crippen molar-refractivity contribution in [3.05, 3.63) is 0 Å². The van der Waals surface area contributed by atoms with Gasteiger partial charge in [0.05, 0.1) is 0 Å². The van der Waals surface area contributed by atoms with Gasteiger partial charge in [-0.25, -0.2) is 5.32 Å². The van der Waals surface area contributed by atoms with E-state index in [1.807, 2.05) is 0 Å². The molecular weight excluding hydrogens is 208 g/mol. The maximum absolute atomic E-state index is 4.98. The predicted molar refractivity (Wildman–Crippen MR) is 69.1 cm³/mol. The fourth-order valence-electron chi connectivity index (χ4n) is 5.04. The molecule has 4 heterocycles.